The van der Waals surface area contributed by atoms with Gasteiger partial charge in [0.25, 0.3) is 5.91 Å². The van der Waals surface area contributed by atoms with Crippen molar-refractivity contribution in [2.45, 2.75) is 32.4 Å². The fourth-order valence-electron chi connectivity index (χ4n) is 2.40. The molecule has 1 saturated heterocycles. The number of carbonyl (C=O) groups is 2. The molecule has 1 aromatic rings. The maximum atomic E-state index is 12.3. The number of nitrogens with zero attached hydrogens (tertiary/aromatic N) is 1. The van der Waals surface area contributed by atoms with Gasteiger partial charge in [0.05, 0.1) is 20.6 Å². The lowest BCUT2D eigenvalue weighted by atomic mass is 10.2. The zero-order valence-corrected chi connectivity index (χ0v) is 12.7. The van der Waals surface area contributed by atoms with Crippen LogP contribution in [0.2, 0.25) is 0 Å². The van der Waals surface area contributed by atoms with Crippen LogP contribution >= 0.6 is 0 Å². The van der Waals surface area contributed by atoms with Gasteiger partial charge in [-0.3, -0.25) is 14.5 Å². The molecule has 1 aromatic carbocycles. The van der Waals surface area contributed by atoms with E-state index in [0.717, 1.165) is 0 Å². The fraction of sp³-hybridized carbons (Fsp3) is 0.467. The summed E-state index contributed by atoms with van der Waals surface area (Å²) in [6.45, 7) is 3.65. The zero-order valence-electron chi connectivity index (χ0n) is 12.7. The standard InChI is InChI=1S/C15H20N2O4/c1-9(2)17-14(18)8-13(15(17)19)16-10-5-11(20-3)7-12(6-10)21-4/h5-7,9,13,16H,8H2,1-4H3. The number of hydrogen-bond acceptors (Lipinski definition) is 5. The first-order chi connectivity index (χ1) is 9.96. The van der Waals surface area contributed by atoms with Crippen molar-refractivity contribution in [1.29, 1.82) is 0 Å². The van der Waals surface area contributed by atoms with Gasteiger partial charge in [0, 0.05) is 29.9 Å². The lowest BCUT2D eigenvalue weighted by molar-refractivity contribution is -0.140. The summed E-state index contributed by atoms with van der Waals surface area (Å²) in [6.07, 6.45) is 0.163. The predicted octanol–water partition coefficient (Wildman–Crippen LogP) is 1.65. The molecule has 114 valence electrons. The Labute approximate surface area is 124 Å². The molecular weight excluding hydrogens is 272 g/mol. The topological polar surface area (TPSA) is 67.9 Å². The first-order valence-electron chi connectivity index (χ1n) is 6.81. The van der Waals surface area contributed by atoms with Crippen LogP contribution in [-0.4, -0.2) is 43.0 Å². The Kier molecular flexibility index (Phi) is 4.35. The quantitative estimate of drug-likeness (QED) is 0.836. The minimum absolute atomic E-state index is 0.128. The van der Waals surface area contributed by atoms with Gasteiger partial charge in [-0.25, -0.2) is 0 Å². The van der Waals surface area contributed by atoms with Gasteiger partial charge in [-0.2, -0.15) is 0 Å². The number of ether oxygens (including phenoxy) is 2. The zero-order chi connectivity index (χ0) is 15.6. The van der Waals surface area contributed by atoms with E-state index in [1.54, 1.807) is 32.4 Å². The van der Waals surface area contributed by atoms with E-state index in [1.165, 1.54) is 4.90 Å². The molecule has 1 unspecified atom stereocenters. The van der Waals surface area contributed by atoms with Crippen LogP contribution in [0, 0.1) is 0 Å². The second kappa shape index (κ2) is 6.03. The maximum Gasteiger partial charge on any atom is 0.252 e. The van der Waals surface area contributed by atoms with Crippen LogP contribution in [0.15, 0.2) is 18.2 Å². The van der Waals surface area contributed by atoms with Crippen LogP contribution in [0.4, 0.5) is 5.69 Å². The van der Waals surface area contributed by atoms with Crippen molar-refractivity contribution in [1.82, 2.24) is 4.90 Å². The summed E-state index contributed by atoms with van der Waals surface area (Å²) in [5, 5.41) is 3.08. The molecule has 1 fully saturated rings. The highest BCUT2D eigenvalue weighted by atomic mass is 16.5. The number of amides is 2. The normalized spacial score (nSPS) is 18.3. The third-order valence-electron chi connectivity index (χ3n) is 3.39. The van der Waals surface area contributed by atoms with Crippen molar-refractivity contribution < 1.29 is 19.1 Å². The van der Waals surface area contributed by atoms with Gasteiger partial charge >= 0.3 is 0 Å². The molecule has 6 heteroatoms. The Morgan fingerprint density at radius 3 is 2.14 bits per heavy atom. The number of likely N-dealkylation sites (tertiary alicyclic amines) is 1. The Bertz CT molecular complexity index is 534. The molecule has 0 aromatic heterocycles. The van der Waals surface area contributed by atoms with E-state index in [0.29, 0.717) is 17.2 Å². The molecule has 1 heterocycles. The number of anilines is 1. The lowest BCUT2D eigenvalue weighted by Crippen LogP contribution is -2.39. The molecular formula is C15H20N2O4. The van der Waals surface area contributed by atoms with Crippen molar-refractivity contribution >= 4 is 17.5 Å². The van der Waals surface area contributed by atoms with Crippen molar-refractivity contribution in [3.63, 3.8) is 0 Å². The number of hydrogen-bond donors (Lipinski definition) is 1. The largest absolute Gasteiger partial charge is 0.497 e. The smallest absolute Gasteiger partial charge is 0.252 e. The number of rotatable bonds is 5. The molecule has 0 bridgehead atoms. The van der Waals surface area contributed by atoms with E-state index in [1.807, 2.05) is 13.8 Å². The van der Waals surface area contributed by atoms with E-state index in [9.17, 15) is 9.59 Å². The Balaban J connectivity index is 2.19. The van der Waals surface area contributed by atoms with Crippen LogP contribution in [-0.2, 0) is 9.59 Å². The highest BCUT2D eigenvalue weighted by Gasteiger charge is 2.39. The molecule has 0 aliphatic carbocycles. The summed E-state index contributed by atoms with van der Waals surface area (Å²) in [4.78, 5) is 25.4. The molecule has 2 amide bonds. The van der Waals surface area contributed by atoms with E-state index in [-0.39, 0.29) is 24.3 Å². The summed E-state index contributed by atoms with van der Waals surface area (Å²) < 4.78 is 10.4. The van der Waals surface area contributed by atoms with E-state index in [4.69, 9.17) is 9.47 Å². The first-order valence-corrected chi connectivity index (χ1v) is 6.81. The van der Waals surface area contributed by atoms with Crippen molar-refractivity contribution in [2.24, 2.45) is 0 Å². The highest BCUT2D eigenvalue weighted by molar-refractivity contribution is 6.07. The van der Waals surface area contributed by atoms with Gasteiger partial charge in [-0.05, 0) is 13.8 Å². The summed E-state index contributed by atoms with van der Waals surface area (Å²) >= 11 is 0. The van der Waals surface area contributed by atoms with Crippen LogP contribution in [0.25, 0.3) is 0 Å². The molecule has 1 aliphatic heterocycles. The number of imide groups is 1. The van der Waals surface area contributed by atoms with Gasteiger partial charge in [0.15, 0.2) is 0 Å². The Morgan fingerprint density at radius 2 is 1.71 bits per heavy atom. The Morgan fingerprint density at radius 1 is 1.14 bits per heavy atom. The molecule has 1 atom stereocenters. The second-order valence-corrected chi connectivity index (χ2v) is 5.20. The van der Waals surface area contributed by atoms with Crippen LogP contribution in [0.5, 0.6) is 11.5 Å². The average molecular weight is 292 g/mol. The average Bonchev–Trinajstić information content (AvgIpc) is 2.72. The minimum Gasteiger partial charge on any atom is -0.497 e. The summed E-state index contributed by atoms with van der Waals surface area (Å²) in [5.41, 5.74) is 0.683. The van der Waals surface area contributed by atoms with Gasteiger partial charge in [-0.1, -0.05) is 0 Å². The van der Waals surface area contributed by atoms with Gasteiger partial charge in [-0.15, -0.1) is 0 Å². The molecule has 21 heavy (non-hydrogen) atoms. The lowest BCUT2D eigenvalue weighted by Gasteiger charge is -2.19. The van der Waals surface area contributed by atoms with Crippen LogP contribution < -0.4 is 14.8 Å². The molecule has 2 rings (SSSR count). The predicted molar refractivity (Wildman–Crippen MR) is 78.6 cm³/mol. The third kappa shape index (κ3) is 3.09. The number of nitrogens with one attached hydrogen (secondary N) is 1. The number of methoxy groups -OCH3 is 2. The van der Waals surface area contributed by atoms with Crippen molar-refractivity contribution in [2.75, 3.05) is 19.5 Å². The summed E-state index contributed by atoms with van der Waals surface area (Å²) in [6, 6.07) is 4.59. The van der Waals surface area contributed by atoms with E-state index < -0.39 is 6.04 Å². The van der Waals surface area contributed by atoms with Gasteiger partial charge in [0.2, 0.25) is 5.91 Å². The van der Waals surface area contributed by atoms with Crippen LogP contribution in [0.1, 0.15) is 20.3 Å². The first kappa shape index (κ1) is 15.2. The Hall–Kier alpha value is -2.24. The summed E-state index contributed by atoms with van der Waals surface area (Å²) in [7, 11) is 3.12. The number of carbonyl (C=O) groups excluding carboxylic acids is 2. The van der Waals surface area contributed by atoms with Crippen LogP contribution in [0.3, 0.4) is 0 Å². The van der Waals surface area contributed by atoms with Gasteiger partial charge < -0.3 is 14.8 Å². The SMILES string of the molecule is COc1cc(NC2CC(=O)N(C(C)C)C2=O)cc(OC)c1. The molecule has 1 N–H and O–H groups in total. The summed E-state index contributed by atoms with van der Waals surface area (Å²) in [5.74, 6) is 0.892. The van der Waals surface area contributed by atoms with Crippen molar-refractivity contribution in [3.8, 4) is 11.5 Å². The third-order valence-corrected chi connectivity index (χ3v) is 3.39. The maximum absolute atomic E-state index is 12.3. The minimum atomic E-state index is -0.545. The number of benzene rings is 1. The molecule has 0 saturated carbocycles. The molecule has 1 aliphatic rings. The van der Waals surface area contributed by atoms with Gasteiger partial charge in [0.1, 0.15) is 17.5 Å². The van der Waals surface area contributed by atoms with E-state index in [2.05, 4.69) is 5.32 Å². The molecule has 6 nitrogen and oxygen atoms in total. The monoisotopic (exact) mass is 292 g/mol. The molecule has 0 spiro atoms. The second-order valence-electron chi connectivity index (χ2n) is 5.20. The van der Waals surface area contributed by atoms with Crippen molar-refractivity contribution in [3.05, 3.63) is 18.2 Å². The fourth-order valence-corrected chi connectivity index (χ4v) is 2.40. The molecule has 0 radical (unpaired) electrons. The van der Waals surface area contributed by atoms with E-state index >= 15 is 0 Å². The highest BCUT2D eigenvalue weighted by Crippen LogP contribution is 2.28.